The number of aromatic nitrogens is 2. The van der Waals surface area contributed by atoms with Gasteiger partial charge in [0.05, 0.1) is 13.2 Å². The molecular formula is C23H27N3O2. The normalized spacial score (nSPS) is 13.8. The first-order valence-electron chi connectivity index (χ1n) is 10.2. The minimum Gasteiger partial charge on any atom is -0.494 e. The molecule has 1 saturated carbocycles. The first kappa shape index (κ1) is 18.7. The van der Waals surface area contributed by atoms with Gasteiger partial charge in [-0.1, -0.05) is 43.7 Å². The topological polar surface area (TPSA) is 51.4 Å². The SMILES string of the molecule is CCCCOc1ccc(-c2nnc(CN(Cc3ccccc3)C3CC3)o2)cc1. The lowest BCUT2D eigenvalue weighted by molar-refractivity contribution is 0.221. The maximum atomic E-state index is 5.95. The van der Waals surface area contributed by atoms with Crippen LogP contribution >= 0.6 is 0 Å². The van der Waals surface area contributed by atoms with E-state index in [1.165, 1.54) is 18.4 Å². The van der Waals surface area contributed by atoms with Crippen LogP contribution in [0.15, 0.2) is 59.0 Å². The van der Waals surface area contributed by atoms with Crippen LogP contribution in [-0.4, -0.2) is 27.7 Å². The third kappa shape index (κ3) is 4.98. The third-order valence-electron chi connectivity index (χ3n) is 4.96. The summed E-state index contributed by atoms with van der Waals surface area (Å²) in [7, 11) is 0. The molecule has 0 spiro atoms. The van der Waals surface area contributed by atoms with E-state index in [0.717, 1.165) is 37.3 Å². The minimum absolute atomic E-state index is 0.561. The smallest absolute Gasteiger partial charge is 0.247 e. The van der Waals surface area contributed by atoms with Crippen molar-refractivity contribution in [1.82, 2.24) is 15.1 Å². The van der Waals surface area contributed by atoms with Crippen LogP contribution in [0.3, 0.4) is 0 Å². The molecular weight excluding hydrogens is 350 g/mol. The summed E-state index contributed by atoms with van der Waals surface area (Å²) in [5.41, 5.74) is 2.23. The first-order valence-corrected chi connectivity index (χ1v) is 10.2. The molecule has 0 aliphatic heterocycles. The summed E-state index contributed by atoms with van der Waals surface area (Å²) in [4.78, 5) is 2.43. The predicted molar refractivity (Wildman–Crippen MR) is 109 cm³/mol. The molecule has 0 amide bonds. The Balaban J connectivity index is 1.39. The molecule has 1 aromatic heterocycles. The van der Waals surface area contributed by atoms with Gasteiger partial charge in [0.2, 0.25) is 11.8 Å². The molecule has 1 fully saturated rings. The second kappa shape index (κ2) is 9.02. The predicted octanol–water partition coefficient (Wildman–Crippen LogP) is 5.08. The van der Waals surface area contributed by atoms with Crippen LogP contribution in [0.25, 0.3) is 11.5 Å². The lowest BCUT2D eigenvalue weighted by Crippen LogP contribution is -2.25. The fourth-order valence-corrected chi connectivity index (χ4v) is 3.21. The highest BCUT2D eigenvalue weighted by Gasteiger charge is 2.30. The largest absolute Gasteiger partial charge is 0.494 e. The molecule has 1 heterocycles. The summed E-state index contributed by atoms with van der Waals surface area (Å²) in [6, 6.07) is 19.0. The molecule has 1 aliphatic rings. The van der Waals surface area contributed by atoms with Crippen LogP contribution in [-0.2, 0) is 13.1 Å². The Morgan fingerprint density at radius 1 is 1.00 bits per heavy atom. The summed E-state index contributed by atoms with van der Waals surface area (Å²) < 4.78 is 11.7. The van der Waals surface area contributed by atoms with Gasteiger partial charge in [0, 0.05) is 18.2 Å². The zero-order valence-electron chi connectivity index (χ0n) is 16.4. The average Bonchev–Trinajstić information content (AvgIpc) is 3.48. The Labute approximate surface area is 166 Å². The molecule has 3 aromatic rings. The number of rotatable bonds is 10. The van der Waals surface area contributed by atoms with Gasteiger partial charge < -0.3 is 9.15 Å². The van der Waals surface area contributed by atoms with Gasteiger partial charge in [-0.05, 0) is 49.1 Å². The second-order valence-electron chi connectivity index (χ2n) is 7.35. The van der Waals surface area contributed by atoms with E-state index in [1.807, 2.05) is 24.3 Å². The van der Waals surface area contributed by atoms with E-state index >= 15 is 0 Å². The maximum absolute atomic E-state index is 5.95. The van der Waals surface area contributed by atoms with Gasteiger partial charge in [0.1, 0.15) is 5.75 Å². The highest BCUT2D eigenvalue weighted by Crippen LogP contribution is 2.30. The van der Waals surface area contributed by atoms with Crippen LogP contribution in [0.1, 0.15) is 44.1 Å². The molecule has 0 saturated heterocycles. The van der Waals surface area contributed by atoms with Crippen molar-refractivity contribution in [3.8, 4) is 17.2 Å². The zero-order valence-corrected chi connectivity index (χ0v) is 16.4. The molecule has 5 heteroatoms. The summed E-state index contributed by atoms with van der Waals surface area (Å²) in [5, 5.41) is 8.52. The molecule has 146 valence electrons. The Bertz CT molecular complexity index is 857. The number of nitrogens with zero attached hydrogens (tertiary/aromatic N) is 3. The molecule has 0 N–H and O–H groups in total. The van der Waals surface area contributed by atoms with E-state index < -0.39 is 0 Å². The number of unbranched alkanes of at least 4 members (excludes halogenated alkanes) is 1. The van der Waals surface area contributed by atoms with E-state index in [9.17, 15) is 0 Å². The summed E-state index contributed by atoms with van der Waals surface area (Å²) in [6.45, 7) is 4.50. The van der Waals surface area contributed by atoms with Crippen molar-refractivity contribution in [3.63, 3.8) is 0 Å². The second-order valence-corrected chi connectivity index (χ2v) is 7.35. The Kier molecular flexibility index (Phi) is 6.02. The highest BCUT2D eigenvalue weighted by atomic mass is 16.5. The van der Waals surface area contributed by atoms with Crippen molar-refractivity contribution in [2.75, 3.05) is 6.61 Å². The lowest BCUT2D eigenvalue weighted by Gasteiger charge is -2.19. The highest BCUT2D eigenvalue weighted by molar-refractivity contribution is 5.53. The van der Waals surface area contributed by atoms with Crippen molar-refractivity contribution < 1.29 is 9.15 Å². The van der Waals surface area contributed by atoms with Crippen molar-refractivity contribution in [3.05, 3.63) is 66.1 Å². The Hall–Kier alpha value is -2.66. The first-order chi connectivity index (χ1) is 13.8. The fraction of sp³-hybridized carbons (Fsp3) is 0.391. The van der Waals surface area contributed by atoms with Crippen LogP contribution in [0.5, 0.6) is 5.75 Å². The number of benzene rings is 2. The summed E-state index contributed by atoms with van der Waals surface area (Å²) >= 11 is 0. The van der Waals surface area contributed by atoms with Crippen LogP contribution in [0.4, 0.5) is 0 Å². The molecule has 0 unspecified atom stereocenters. The number of hydrogen-bond acceptors (Lipinski definition) is 5. The van der Waals surface area contributed by atoms with E-state index in [1.54, 1.807) is 0 Å². The quantitative estimate of drug-likeness (QED) is 0.461. The van der Waals surface area contributed by atoms with Gasteiger partial charge in [-0.2, -0.15) is 0 Å². The Morgan fingerprint density at radius 2 is 1.79 bits per heavy atom. The minimum atomic E-state index is 0.561. The molecule has 5 nitrogen and oxygen atoms in total. The maximum Gasteiger partial charge on any atom is 0.247 e. The van der Waals surface area contributed by atoms with Gasteiger partial charge in [-0.25, -0.2) is 0 Å². The molecule has 0 atom stereocenters. The van der Waals surface area contributed by atoms with E-state index in [0.29, 0.717) is 24.4 Å². The zero-order chi connectivity index (χ0) is 19.2. The molecule has 1 aliphatic carbocycles. The lowest BCUT2D eigenvalue weighted by atomic mass is 10.2. The monoisotopic (exact) mass is 377 g/mol. The molecule has 2 aromatic carbocycles. The molecule has 4 rings (SSSR count). The van der Waals surface area contributed by atoms with Gasteiger partial charge in [0.25, 0.3) is 0 Å². The van der Waals surface area contributed by atoms with Crippen LogP contribution < -0.4 is 4.74 Å². The van der Waals surface area contributed by atoms with E-state index in [4.69, 9.17) is 9.15 Å². The molecule has 0 radical (unpaired) electrons. The van der Waals surface area contributed by atoms with Crippen molar-refractivity contribution >= 4 is 0 Å². The van der Waals surface area contributed by atoms with Gasteiger partial charge in [0.15, 0.2) is 0 Å². The third-order valence-corrected chi connectivity index (χ3v) is 4.96. The number of hydrogen-bond donors (Lipinski definition) is 0. The van der Waals surface area contributed by atoms with Gasteiger partial charge >= 0.3 is 0 Å². The summed E-state index contributed by atoms with van der Waals surface area (Å²) in [6.07, 6.45) is 4.68. The number of ether oxygens (including phenoxy) is 1. The van der Waals surface area contributed by atoms with Crippen LogP contribution in [0, 0.1) is 0 Å². The fourth-order valence-electron chi connectivity index (χ4n) is 3.21. The van der Waals surface area contributed by atoms with Crippen molar-refractivity contribution in [2.24, 2.45) is 0 Å². The molecule has 28 heavy (non-hydrogen) atoms. The molecule has 0 bridgehead atoms. The van der Waals surface area contributed by atoms with Crippen molar-refractivity contribution in [1.29, 1.82) is 0 Å². The van der Waals surface area contributed by atoms with Gasteiger partial charge in [-0.15, -0.1) is 10.2 Å². The van der Waals surface area contributed by atoms with Crippen molar-refractivity contribution in [2.45, 2.75) is 51.7 Å². The van der Waals surface area contributed by atoms with E-state index in [2.05, 4.69) is 52.4 Å². The van der Waals surface area contributed by atoms with Crippen LogP contribution in [0.2, 0.25) is 0 Å². The standard InChI is InChI=1S/C23H27N3O2/c1-2-3-15-27-21-13-9-19(10-14-21)23-25-24-22(28-23)17-26(20-11-12-20)16-18-7-5-4-6-8-18/h4-10,13-14,20H,2-3,11-12,15-17H2,1H3. The summed E-state index contributed by atoms with van der Waals surface area (Å²) in [5.74, 6) is 2.10. The van der Waals surface area contributed by atoms with Gasteiger partial charge in [-0.3, -0.25) is 4.90 Å². The average molecular weight is 377 g/mol. The van der Waals surface area contributed by atoms with E-state index in [-0.39, 0.29) is 0 Å². The Morgan fingerprint density at radius 3 is 2.50 bits per heavy atom.